The van der Waals surface area contributed by atoms with Gasteiger partial charge in [0.05, 0.1) is 23.4 Å². The summed E-state index contributed by atoms with van der Waals surface area (Å²) in [4.78, 5) is 16.7. The molecule has 0 unspecified atom stereocenters. The number of hydrogen-bond donors (Lipinski definition) is 1. The van der Waals surface area contributed by atoms with E-state index in [9.17, 15) is 10.1 Å². The van der Waals surface area contributed by atoms with E-state index in [1.807, 2.05) is 56.3 Å². The van der Waals surface area contributed by atoms with Crippen LogP contribution in [0.2, 0.25) is 0 Å². The molecule has 0 saturated carbocycles. The van der Waals surface area contributed by atoms with Gasteiger partial charge in [-0.3, -0.25) is 4.79 Å². The monoisotopic (exact) mass is 391 g/mol. The van der Waals surface area contributed by atoms with Crippen molar-refractivity contribution in [3.63, 3.8) is 0 Å². The van der Waals surface area contributed by atoms with Crippen LogP contribution in [0, 0.1) is 18.3 Å². The van der Waals surface area contributed by atoms with Gasteiger partial charge < -0.3 is 10.1 Å². The van der Waals surface area contributed by atoms with E-state index in [4.69, 9.17) is 4.74 Å². The van der Waals surface area contributed by atoms with Gasteiger partial charge in [-0.15, -0.1) is 0 Å². The van der Waals surface area contributed by atoms with Gasteiger partial charge in [0, 0.05) is 11.9 Å². The first-order valence-corrected chi connectivity index (χ1v) is 10.0. The van der Waals surface area contributed by atoms with Gasteiger partial charge in [-0.1, -0.05) is 41.6 Å². The lowest BCUT2D eigenvalue weighted by atomic mass is 10.1. The maximum atomic E-state index is 12.2. The fraction of sp³-hybridized carbons (Fsp3) is 0.227. The normalized spacial score (nSPS) is 10.5. The van der Waals surface area contributed by atoms with Gasteiger partial charge in [0.1, 0.15) is 16.8 Å². The number of fused-ring (bicyclic) bond motifs is 1. The molecular formula is C22H21N3O2S. The summed E-state index contributed by atoms with van der Waals surface area (Å²) < 4.78 is 5.50. The molecule has 3 aromatic rings. The first-order valence-electron chi connectivity index (χ1n) is 9.02. The number of carbonyl (C=O) groups excluding carboxylic acids is 1. The summed E-state index contributed by atoms with van der Waals surface area (Å²) in [5, 5.41) is 13.8. The Morgan fingerprint density at radius 3 is 2.71 bits per heavy atom. The molecule has 0 spiro atoms. The SMILES string of the molecule is CCOc1ccc2nc(SCC(=O)NCc3ccc(C)cc3)c(C#N)cc2c1. The molecule has 1 N–H and O–H groups in total. The van der Waals surface area contributed by atoms with Gasteiger partial charge in [0.2, 0.25) is 5.91 Å². The van der Waals surface area contributed by atoms with Crippen LogP contribution in [0.4, 0.5) is 0 Å². The third kappa shape index (κ3) is 5.02. The predicted molar refractivity (Wildman–Crippen MR) is 111 cm³/mol. The number of rotatable bonds is 7. The molecule has 6 heteroatoms. The minimum absolute atomic E-state index is 0.0944. The van der Waals surface area contributed by atoms with Crippen LogP contribution in [0.5, 0.6) is 5.75 Å². The molecule has 0 aliphatic carbocycles. The zero-order chi connectivity index (χ0) is 19.9. The number of hydrogen-bond acceptors (Lipinski definition) is 5. The summed E-state index contributed by atoms with van der Waals surface area (Å²) in [7, 11) is 0. The lowest BCUT2D eigenvalue weighted by molar-refractivity contribution is -0.118. The van der Waals surface area contributed by atoms with E-state index in [0.717, 1.165) is 22.2 Å². The molecule has 0 aliphatic heterocycles. The Labute approximate surface area is 168 Å². The van der Waals surface area contributed by atoms with Crippen LogP contribution < -0.4 is 10.1 Å². The van der Waals surface area contributed by atoms with Gasteiger partial charge in [0.15, 0.2) is 0 Å². The van der Waals surface area contributed by atoms with Gasteiger partial charge in [-0.05, 0) is 43.7 Å². The molecule has 0 fully saturated rings. The highest BCUT2D eigenvalue weighted by molar-refractivity contribution is 8.00. The van der Waals surface area contributed by atoms with Crippen molar-refractivity contribution in [1.82, 2.24) is 10.3 Å². The highest BCUT2D eigenvalue weighted by Crippen LogP contribution is 2.27. The lowest BCUT2D eigenvalue weighted by Gasteiger charge is -2.08. The Hall–Kier alpha value is -3.04. The van der Waals surface area contributed by atoms with Crippen molar-refractivity contribution in [2.45, 2.75) is 25.4 Å². The summed E-state index contributed by atoms with van der Waals surface area (Å²) in [6.45, 7) is 5.01. The summed E-state index contributed by atoms with van der Waals surface area (Å²) in [5.74, 6) is 0.857. The molecule has 1 aromatic heterocycles. The molecule has 0 aliphatic rings. The number of aryl methyl sites for hydroxylation is 1. The van der Waals surface area contributed by atoms with Crippen molar-refractivity contribution in [3.8, 4) is 11.8 Å². The Kier molecular flexibility index (Phi) is 6.51. The van der Waals surface area contributed by atoms with Crippen molar-refractivity contribution >= 4 is 28.6 Å². The van der Waals surface area contributed by atoms with Crippen LogP contribution in [0.15, 0.2) is 53.6 Å². The average Bonchev–Trinajstić information content (AvgIpc) is 2.71. The number of benzene rings is 2. The summed E-state index contributed by atoms with van der Waals surface area (Å²) in [5.41, 5.74) is 3.46. The van der Waals surface area contributed by atoms with E-state index in [0.29, 0.717) is 23.7 Å². The van der Waals surface area contributed by atoms with Crippen LogP contribution in [-0.4, -0.2) is 23.3 Å². The van der Waals surface area contributed by atoms with Crippen LogP contribution in [0.3, 0.4) is 0 Å². The molecule has 0 bridgehead atoms. The topological polar surface area (TPSA) is 75.0 Å². The fourth-order valence-electron chi connectivity index (χ4n) is 2.67. The maximum absolute atomic E-state index is 12.2. The number of nitrogens with one attached hydrogen (secondary N) is 1. The quantitative estimate of drug-likeness (QED) is 0.610. The van der Waals surface area contributed by atoms with Gasteiger partial charge in [0.25, 0.3) is 0 Å². The number of pyridine rings is 1. The van der Waals surface area contributed by atoms with Crippen LogP contribution >= 0.6 is 11.8 Å². The summed E-state index contributed by atoms with van der Waals surface area (Å²) >= 11 is 1.27. The number of nitrogens with zero attached hydrogens (tertiary/aromatic N) is 2. The molecule has 2 aromatic carbocycles. The smallest absolute Gasteiger partial charge is 0.230 e. The molecular weight excluding hydrogens is 370 g/mol. The molecule has 5 nitrogen and oxygen atoms in total. The Bertz CT molecular complexity index is 1030. The Morgan fingerprint density at radius 1 is 1.21 bits per heavy atom. The van der Waals surface area contributed by atoms with E-state index in [2.05, 4.69) is 16.4 Å². The molecule has 1 heterocycles. The molecule has 0 saturated heterocycles. The van der Waals surface area contributed by atoms with Crippen molar-refractivity contribution < 1.29 is 9.53 Å². The van der Waals surface area contributed by atoms with E-state index >= 15 is 0 Å². The van der Waals surface area contributed by atoms with Crippen LogP contribution in [0.1, 0.15) is 23.6 Å². The molecule has 1 amide bonds. The second-order valence-electron chi connectivity index (χ2n) is 6.29. The van der Waals surface area contributed by atoms with Crippen LogP contribution in [-0.2, 0) is 11.3 Å². The molecule has 142 valence electrons. The predicted octanol–water partition coefficient (Wildman–Crippen LogP) is 4.22. The number of carbonyl (C=O) groups is 1. The summed E-state index contributed by atoms with van der Waals surface area (Å²) in [6.07, 6.45) is 0. The fourth-order valence-corrected chi connectivity index (χ4v) is 3.47. The van der Waals surface area contributed by atoms with Crippen molar-refractivity contribution in [3.05, 3.63) is 65.2 Å². The van der Waals surface area contributed by atoms with Crippen LogP contribution in [0.25, 0.3) is 10.9 Å². The first-order chi connectivity index (χ1) is 13.6. The van der Waals surface area contributed by atoms with E-state index in [1.165, 1.54) is 17.3 Å². The number of thioether (sulfide) groups is 1. The standard InChI is InChI=1S/C22H21N3O2S/c1-3-27-19-8-9-20-17(11-19)10-18(12-23)22(25-20)28-14-21(26)24-13-16-6-4-15(2)5-7-16/h4-11H,3,13-14H2,1-2H3,(H,24,26). The zero-order valence-electron chi connectivity index (χ0n) is 15.9. The largest absolute Gasteiger partial charge is 0.494 e. The molecule has 0 atom stereocenters. The minimum atomic E-state index is -0.0944. The molecule has 28 heavy (non-hydrogen) atoms. The number of nitriles is 1. The van der Waals surface area contributed by atoms with E-state index in [1.54, 1.807) is 6.07 Å². The third-order valence-electron chi connectivity index (χ3n) is 4.13. The number of ether oxygens (including phenoxy) is 1. The zero-order valence-corrected chi connectivity index (χ0v) is 16.7. The van der Waals surface area contributed by atoms with Crippen molar-refractivity contribution in [1.29, 1.82) is 5.26 Å². The average molecular weight is 391 g/mol. The minimum Gasteiger partial charge on any atom is -0.494 e. The van der Waals surface area contributed by atoms with Gasteiger partial charge >= 0.3 is 0 Å². The first kappa shape index (κ1) is 19.7. The molecule has 0 radical (unpaired) electrons. The highest BCUT2D eigenvalue weighted by atomic mass is 32.2. The van der Waals surface area contributed by atoms with Crippen molar-refractivity contribution in [2.75, 3.05) is 12.4 Å². The number of amides is 1. The molecule has 3 rings (SSSR count). The highest BCUT2D eigenvalue weighted by Gasteiger charge is 2.11. The van der Waals surface area contributed by atoms with Crippen molar-refractivity contribution in [2.24, 2.45) is 0 Å². The summed E-state index contributed by atoms with van der Waals surface area (Å²) in [6, 6.07) is 17.6. The third-order valence-corrected chi connectivity index (χ3v) is 5.12. The Balaban J connectivity index is 1.65. The van der Waals surface area contributed by atoms with E-state index < -0.39 is 0 Å². The van der Waals surface area contributed by atoms with E-state index in [-0.39, 0.29) is 11.7 Å². The maximum Gasteiger partial charge on any atom is 0.230 e. The lowest BCUT2D eigenvalue weighted by Crippen LogP contribution is -2.24. The second-order valence-corrected chi connectivity index (χ2v) is 7.26. The van der Waals surface area contributed by atoms with Gasteiger partial charge in [-0.2, -0.15) is 5.26 Å². The number of aromatic nitrogens is 1. The Morgan fingerprint density at radius 2 is 2.00 bits per heavy atom. The second kappa shape index (κ2) is 9.25. The van der Waals surface area contributed by atoms with Gasteiger partial charge in [-0.25, -0.2) is 4.98 Å².